The molecule has 1 N–H and O–H groups in total. The summed E-state index contributed by atoms with van der Waals surface area (Å²) in [7, 11) is 0. The van der Waals surface area contributed by atoms with Crippen LogP contribution in [-0.2, 0) is 4.79 Å². The van der Waals surface area contributed by atoms with Gasteiger partial charge in [-0.05, 0) is 43.0 Å². The normalized spacial score (nSPS) is 18.9. The Hall–Kier alpha value is -2.11. The maximum atomic E-state index is 12.9. The Morgan fingerprint density at radius 2 is 1.56 bits per heavy atom. The Morgan fingerprint density at radius 3 is 2.20 bits per heavy atom. The van der Waals surface area contributed by atoms with Gasteiger partial charge in [0.1, 0.15) is 5.82 Å². The molecule has 1 saturated carbocycles. The van der Waals surface area contributed by atoms with Gasteiger partial charge in [0.25, 0.3) is 0 Å². The van der Waals surface area contributed by atoms with Gasteiger partial charge in [0, 0.05) is 38.3 Å². The van der Waals surface area contributed by atoms with Crippen LogP contribution in [-0.4, -0.2) is 47.9 Å². The third-order valence-corrected chi connectivity index (χ3v) is 5.20. The molecule has 1 aliphatic heterocycles. The fraction of sp³-hybridized carbons (Fsp3) is 0.579. The fourth-order valence-electron chi connectivity index (χ4n) is 3.66. The first-order chi connectivity index (χ1) is 12.1. The quantitative estimate of drug-likeness (QED) is 0.910. The number of carbonyl (C=O) groups excluding carboxylic acids is 2. The Labute approximate surface area is 148 Å². The molecular formula is C19H26FN3O2. The van der Waals surface area contributed by atoms with E-state index in [0.717, 1.165) is 0 Å². The highest BCUT2D eigenvalue weighted by molar-refractivity contribution is 5.89. The number of piperazine rings is 1. The van der Waals surface area contributed by atoms with E-state index < -0.39 is 0 Å². The Morgan fingerprint density at radius 1 is 0.960 bits per heavy atom. The summed E-state index contributed by atoms with van der Waals surface area (Å²) in [6.07, 6.45) is 6.79. The summed E-state index contributed by atoms with van der Waals surface area (Å²) >= 11 is 0. The first-order valence-corrected chi connectivity index (χ1v) is 9.21. The van der Waals surface area contributed by atoms with Gasteiger partial charge in [0.2, 0.25) is 5.91 Å². The van der Waals surface area contributed by atoms with Crippen LogP contribution in [0.1, 0.15) is 38.5 Å². The summed E-state index contributed by atoms with van der Waals surface area (Å²) in [6, 6.07) is 5.51. The lowest BCUT2D eigenvalue weighted by Gasteiger charge is -2.35. The zero-order valence-electron chi connectivity index (χ0n) is 14.5. The Kier molecular flexibility index (Phi) is 5.89. The molecule has 1 aromatic carbocycles. The molecule has 136 valence electrons. The molecule has 0 unspecified atom stereocenters. The Bertz CT molecular complexity index is 591. The number of nitrogens with one attached hydrogen (secondary N) is 1. The first kappa shape index (κ1) is 17.7. The van der Waals surface area contributed by atoms with Crippen LogP contribution in [0.25, 0.3) is 0 Å². The molecule has 0 aromatic heterocycles. The van der Waals surface area contributed by atoms with Crippen molar-refractivity contribution in [2.45, 2.75) is 38.5 Å². The molecule has 1 aromatic rings. The zero-order chi connectivity index (χ0) is 17.6. The monoisotopic (exact) mass is 347 g/mol. The molecule has 1 aliphatic carbocycles. The summed E-state index contributed by atoms with van der Waals surface area (Å²) < 4.78 is 12.9. The number of benzene rings is 1. The molecular weight excluding hydrogens is 321 g/mol. The molecule has 5 nitrogen and oxygen atoms in total. The number of halogens is 1. The van der Waals surface area contributed by atoms with Crippen LogP contribution in [0.3, 0.4) is 0 Å². The molecule has 3 rings (SSSR count). The van der Waals surface area contributed by atoms with E-state index in [2.05, 4.69) is 5.32 Å². The van der Waals surface area contributed by atoms with E-state index in [4.69, 9.17) is 0 Å². The van der Waals surface area contributed by atoms with Crippen molar-refractivity contribution < 1.29 is 14.0 Å². The number of anilines is 1. The van der Waals surface area contributed by atoms with Crippen molar-refractivity contribution in [1.29, 1.82) is 0 Å². The highest BCUT2D eigenvalue weighted by Gasteiger charge is 2.26. The van der Waals surface area contributed by atoms with Crippen LogP contribution in [0.15, 0.2) is 24.3 Å². The second-order valence-corrected chi connectivity index (χ2v) is 7.01. The van der Waals surface area contributed by atoms with Crippen LogP contribution in [0, 0.1) is 11.7 Å². The number of carbonyl (C=O) groups is 2. The van der Waals surface area contributed by atoms with E-state index in [1.54, 1.807) is 4.90 Å². The van der Waals surface area contributed by atoms with E-state index in [-0.39, 0.29) is 17.8 Å². The lowest BCUT2D eigenvalue weighted by atomic mass is 9.86. The SMILES string of the molecule is O=C(CC1CCCCC1)N1CCN(C(=O)Nc2ccc(F)cc2)CC1. The molecule has 2 aliphatic rings. The van der Waals surface area contributed by atoms with Crippen LogP contribution in [0.4, 0.5) is 14.9 Å². The number of nitrogens with zero attached hydrogens (tertiary/aromatic N) is 2. The van der Waals surface area contributed by atoms with Crippen molar-refractivity contribution >= 4 is 17.6 Å². The lowest BCUT2D eigenvalue weighted by Crippen LogP contribution is -2.51. The molecule has 6 heteroatoms. The topological polar surface area (TPSA) is 52.7 Å². The van der Waals surface area contributed by atoms with Gasteiger partial charge in [-0.15, -0.1) is 0 Å². The summed E-state index contributed by atoms with van der Waals surface area (Å²) in [5.41, 5.74) is 0.571. The maximum absolute atomic E-state index is 12.9. The summed E-state index contributed by atoms with van der Waals surface area (Å²) in [4.78, 5) is 28.3. The van der Waals surface area contributed by atoms with E-state index in [1.807, 2.05) is 4.90 Å². The minimum absolute atomic E-state index is 0.203. The molecule has 0 bridgehead atoms. The van der Waals surface area contributed by atoms with E-state index in [1.165, 1.54) is 56.4 Å². The molecule has 0 spiro atoms. The van der Waals surface area contributed by atoms with Gasteiger partial charge in [-0.2, -0.15) is 0 Å². The Balaban J connectivity index is 1.43. The van der Waals surface area contributed by atoms with E-state index >= 15 is 0 Å². The van der Waals surface area contributed by atoms with Crippen molar-refractivity contribution in [2.24, 2.45) is 5.92 Å². The summed E-state index contributed by atoms with van der Waals surface area (Å²) in [5, 5.41) is 2.77. The van der Waals surface area contributed by atoms with E-state index in [9.17, 15) is 14.0 Å². The smallest absolute Gasteiger partial charge is 0.321 e. The minimum atomic E-state index is -0.330. The number of urea groups is 1. The zero-order valence-corrected chi connectivity index (χ0v) is 14.5. The van der Waals surface area contributed by atoms with Crippen LogP contribution < -0.4 is 5.32 Å². The average Bonchev–Trinajstić information content (AvgIpc) is 2.64. The van der Waals surface area contributed by atoms with Crippen LogP contribution in [0.5, 0.6) is 0 Å². The molecule has 25 heavy (non-hydrogen) atoms. The molecule has 0 atom stereocenters. The third-order valence-electron chi connectivity index (χ3n) is 5.20. The van der Waals surface area contributed by atoms with Crippen LogP contribution >= 0.6 is 0 Å². The fourth-order valence-corrected chi connectivity index (χ4v) is 3.66. The van der Waals surface area contributed by atoms with Crippen molar-refractivity contribution in [3.8, 4) is 0 Å². The van der Waals surface area contributed by atoms with Gasteiger partial charge in [0.15, 0.2) is 0 Å². The molecule has 2 fully saturated rings. The second-order valence-electron chi connectivity index (χ2n) is 7.01. The predicted octanol–water partition coefficient (Wildman–Crippen LogP) is 3.47. The first-order valence-electron chi connectivity index (χ1n) is 9.21. The lowest BCUT2D eigenvalue weighted by molar-refractivity contribution is -0.133. The predicted molar refractivity (Wildman–Crippen MR) is 94.8 cm³/mol. The van der Waals surface area contributed by atoms with Gasteiger partial charge < -0.3 is 15.1 Å². The van der Waals surface area contributed by atoms with Gasteiger partial charge in [-0.1, -0.05) is 19.3 Å². The summed E-state index contributed by atoms with van der Waals surface area (Å²) in [6.45, 7) is 2.23. The second kappa shape index (κ2) is 8.32. The van der Waals surface area contributed by atoms with Crippen molar-refractivity contribution in [1.82, 2.24) is 9.80 Å². The van der Waals surface area contributed by atoms with E-state index in [0.29, 0.717) is 44.2 Å². The molecule has 1 heterocycles. The number of hydrogen-bond donors (Lipinski definition) is 1. The highest BCUT2D eigenvalue weighted by Crippen LogP contribution is 2.27. The molecule has 3 amide bonds. The van der Waals surface area contributed by atoms with Crippen molar-refractivity contribution in [3.63, 3.8) is 0 Å². The van der Waals surface area contributed by atoms with Gasteiger partial charge in [-0.3, -0.25) is 4.79 Å². The number of amides is 3. The van der Waals surface area contributed by atoms with Crippen molar-refractivity contribution in [3.05, 3.63) is 30.1 Å². The molecule has 0 radical (unpaired) electrons. The van der Waals surface area contributed by atoms with Gasteiger partial charge in [-0.25, -0.2) is 9.18 Å². The van der Waals surface area contributed by atoms with Crippen molar-refractivity contribution in [2.75, 3.05) is 31.5 Å². The number of rotatable bonds is 3. The largest absolute Gasteiger partial charge is 0.339 e. The standard InChI is InChI=1S/C19H26FN3O2/c20-16-6-8-17(9-7-16)21-19(25)23-12-10-22(11-13-23)18(24)14-15-4-2-1-3-5-15/h6-9,15H,1-5,10-14H2,(H,21,25). The van der Waals surface area contributed by atoms with Gasteiger partial charge in [0.05, 0.1) is 0 Å². The highest BCUT2D eigenvalue weighted by atomic mass is 19.1. The maximum Gasteiger partial charge on any atom is 0.321 e. The van der Waals surface area contributed by atoms with Gasteiger partial charge >= 0.3 is 6.03 Å². The summed E-state index contributed by atoms with van der Waals surface area (Å²) in [5.74, 6) is 0.439. The third kappa shape index (κ3) is 4.94. The average molecular weight is 347 g/mol. The number of hydrogen-bond acceptors (Lipinski definition) is 2. The van der Waals surface area contributed by atoms with Crippen LogP contribution in [0.2, 0.25) is 0 Å². The minimum Gasteiger partial charge on any atom is -0.339 e. The molecule has 1 saturated heterocycles.